The Labute approximate surface area is 126 Å². The van der Waals surface area contributed by atoms with Gasteiger partial charge in [0, 0.05) is 31.8 Å². The lowest BCUT2D eigenvalue weighted by atomic mass is 9.96. The number of aromatic nitrogens is 2. The Balaban J connectivity index is 1.87. The Hall–Kier alpha value is -0.580. The molecule has 1 aromatic heterocycles. The molecule has 1 aliphatic heterocycles. The molecule has 114 valence electrons. The van der Waals surface area contributed by atoms with E-state index in [2.05, 4.69) is 24.3 Å². The van der Waals surface area contributed by atoms with Gasteiger partial charge in [-0.2, -0.15) is 5.10 Å². The summed E-state index contributed by atoms with van der Waals surface area (Å²) < 4.78 is 7.58. The van der Waals surface area contributed by atoms with E-state index in [9.17, 15) is 0 Å². The van der Waals surface area contributed by atoms with E-state index < -0.39 is 0 Å². The van der Waals surface area contributed by atoms with Gasteiger partial charge in [-0.3, -0.25) is 4.68 Å². The molecular formula is C15H26ClN3O. The van der Waals surface area contributed by atoms with Gasteiger partial charge in [0.2, 0.25) is 0 Å². The third-order valence-corrected chi connectivity index (χ3v) is 4.41. The zero-order chi connectivity index (χ0) is 14.7. The molecule has 0 spiro atoms. The van der Waals surface area contributed by atoms with Gasteiger partial charge in [-0.15, -0.1) is 0 Å². The fourth-order valence-corrected chi connectivity index (χ4v) is 3.12. The first-order valence-corrected chi connectivity index (χ1v) is 7.88. The SMILES string of the molecule is Cc1nn(C)c(Cl)c1CN[C@H]1CCO[C@H](CC(C)C)C1. The lowest BCUT2D eigenvalue weighted by Gasteiger charge is -2.31. The molecule has 1 fully saturated rings. The van der Waals surface area contributed by atoms with Crippen molar-refractivity contribution in [1.82, 2.24) is 15.1 Å². The molecule has 2 rings (SSSR count). The summed E-state index contributed by atoms with van der Waals surface area (Å²) in [5, 5.41) is 8.70. The number of nitrogens with one attached hydrogen (secondary N) is 1. The summed E-state index contributed by atoms with van der Waals surface area (Å²) in [7, 11) is 1.88. The second-order valence-electron chi connectivity index (χ2n) is 6.20. The highest BCUT2D eigenvalue weighted by Crippen LogP contribution is 2.22. The molecule has 2 atom stereocenters. The monoisotopic (exact) mass is 299 g/mol. The Morgan fingerprint density at radius 3 is 2.85 bits per heavy atom. The predicted octanol–water partition coefficient (Wildman–Crippen LogP) is 3.07. The number of aryl methyl sites for hydroxylation is 2. The summed E-state index contributed by atoms with van der Waals surface area (Å²) in [5.41, 5.74) is 2.12. The Kier molecular flexibility index (Phi) is 5.47. The summed E-state index contributed by atoms with van der Waals surface area (Å²) in [6, 6.07) is 0.517. The van der Waals surface area contributed by atoms with Gasteiger partial charge < -0.3 is 10.1 Å². The van der Waals surface area contributed by atoms with Crippen LogP contribution in [0.5, 0.6) is 0 Å². The lowest BCUT2D eigenvalue weighted by Crippen LogP contribution is -2.39. The highest BCUT2D eigenvalue weighted by atomic mass is 35.5. The van der Waals surface area contributed by atoms with E-state index in [1.807, 2.05) is 14.0 Å². The Morgan fingerprint density at radius 2 is 2.25 bits per heavy atom. The number of ether oxygens (including phenoxy) is 1. The lowest BCUT2D eigenvalue weighted by molar-refractivity contribution is -0.00957. The zero-order valence-corrected chi connectivity index (χ0v) is 13.7. The topological polar surface area (TPSA) is 39.1 Å². The van der Waals surface area contributed by atoms with Gasteiger partial charge in [-0.05, 0) is 32.1 Å². The van der Waals surface area contributed by atoms with Crippen LogP contribution in [0.15, 0.2) is 0 Å². The molecule has 4 nitrogen and oxygen atoms in total. The molecule has 0 aliphatic carbocycles. The van der Waals surface area contributed by atoms with Crippen molar-refractivity contribution < 1.29 is 4.74 Å². The summed E-state index contributed by atoms with van der Waals surface area (Å²) in [5.74, 6) is 0.689. The summed E-state index contributed by atoms with van der Waals surface area (Å²) >= 11 is 6.27. The van der Waals surface area contributed by atoms with Crippen LogP contribution in [0.25, 0.3) is 0 Å². The predicted molar refractivity (Wildman–Crippen MR) is 82.0 cm³/mol. The van der Waals surface area contributed by atoms with E-state index in [0.717, 1.165) is 48.8 Å². The minimum atomic E-state index is 0.395. The molecule has 0 aromatic carbocycles. The van der Waals surface area contributed by atoms with Crippen molar-refractivity contribution >= 4 is 11.6 Å². The van der Waals surface area contributed by atoms with Crippen LogP contribution in [0.2, 0.25) is 5.15 Å². The third kappa shape index (κ3) is 3.96. The minimum absolute atomic E-state index is 0.395. The molecule has 0 saturated carbocycles. The van der Waals surface area contributed by atoms with E-state index in [-0.39, 0.29) is 0 Å². The van der Waals surface area contributed by atoms with E-state index in [0.29, 0.717) is 18.1 Å². The third-order valence-electron chi connectivity index (χ3n) is 3.94. The van der Waals surface area contributed by atoms with Crippen molar-refractivity contribution in [3.05, 3.63) is 16.4 Å². The van der Waals surface area contributed by atoms with Crippen LogP contribution in [-0.2, 0) is 18.3 Å². The summed E-state index contributed by atoms with van der Waals surface area (Å²) in [4.78, 5) is 0. The fourth-order valence-electron chi connectivity index (χ4n) is 2.88. The quantitative estimate of drug-likeness (QED) is 0.908. The van der Waals surface area contributed by atoms with Gasteiger partial charge in [0.1, 0.15) is 5.15 Å². The van der Waals surface area contributed by atoms with Gasteiger partial charge in [0.15, 0.2) is 0 Å². The normalized spacial score (nSPS) is 23.5. The maximum atomic E-state index is 6.27. The van der Waals surface area contributed by atoms with Crippen LogP contribution in [-0.4, -0.2) is 28.5 Å². The van der Waals surface area contributed by atoms with E-state index in [1.165, 1.54) is 0 Å². The number of halogens is 1. The van der Waals surface area contributed by atoms with Crippen LogP contribution < -0.4 is 5.32 Å². The maximum Gasteiger partial charge on any atom is 0.131 e. The largest absolute Gasteiger partial charge is 0.378 e. The van der Waals surface area contributed by atoms with E-state index in [1.54, 1.807) is 4.68 Å². The maximum absolute atomic E-state index is 6.27. The molecular weight excluding hydrogens is 274 g/mol. The first-order chi connectivity index (χ1) is 9.47. The standard InChI is InChI=1S/C15H26ClN3O/c1-10(2)7-13-8-12(5-6-20-13)17-9-14-11(3)18-19(4)15(14)16/h10,12-13,17H,5-9H2,1-4H3/t12-,13+/m0/s1. The van der Waals surface area contributed by atoms with Crippen LogP contribution in [0.4, 0.5) is 0 Å². The fraction of sp³-hybridized carbons (Fsp3) is 0.800. The molecule has 1 aromatic rings. The number of hydrogen-bond donors (Lipinski definition) is 1. The number of nitrogens with zero attached hydrogens (tertiary/aromatic N) is 2. The Bertz CT molecular complexity index is 445. The molecule has 1 aliphatic rings. The van der Waals surface area contributed by atoms with Gasteiger partial charge in [0.05, 0.1) is 11.8 Å². The van der Waals surface area contributed by atoms with Gasteiger partial charge >= 0.3 is 0 Å². The van der Waals surface area contributed by atoms with Crippen LogP contribution in [0, 0.1) is 12.8 Å². The van der Waals surface area contributed by atoms with Gasteiger partial charge in [0.25, 0.3) is 0 Å². The highest BCUT2D eigenvalue weighted by Gasteiger charge is 2.23. The second-order valence-corrected chi connectivity index (χ2v) is 6.56. The average molecular weight is 300 g/mol. The van der Waals surface area contributed by atoms with Crippen LogP contribution in [0.3, 0.4) is 0 Å². The summed E-state index contributed by atoms with van der Waals surface area (Å²) in [6.45, 7) is 8.15. The van der Waals surface area contributed by atoms with Crippen molar-refractivity contribution in [2.45, 2.75) is 58.7 Å². The van der Waals surface area contributed by atoms with Crippen molar-refractivity contribution in [2.24, 2.45) is 13.0 Å². The van der Waals surface area contributed by atoms with E-state index >= 15 is 0 Å². The van der Waals surface area contributed by atoms with Crippen molar-refractivity contribution in [3.63, 3.8) is 0 Å². The first kappa shape index (κ1) is 15.8. The molecule has 5 heteroatoms. The molecule has 1 N–H and O–H groups in total. The minimum Gasteiger partial charge on any atom is -0.378 e. The first-order valence-electron chi connectivity index (χ1n) is 7.50. The van der Waals surface area contributed by atoms with Crippen molar-refractivity contribution in [1.29, 1.82) is 0 Å². The molecule has 0 amide bonds. The van der Waals surface area contributed by atoms with Gasteiger partial charge in [-0.1, -0.05) is 25.4 Å². The van der Waals surface area contributed by atoms with E-state index in [4.69, 9.17) is 16.3 Å². The molecule has 2 heterocycles. The van der Waals surface area contributed by atoms with Crippen LogP contribution in [0.1, 0.15) is 44.4 Å². The molecule has 0 bridgehead atoms. The smallest absolute Gasteiger partial charge is 0.131 e. The molecule has 20 heavy (non-hydrogen) atoms. The number of hydrogen-bond acceptors (Lipinski definition) is 3. The zero-order valence-electron chi connectivity index (χ0n) is 12.9. The molecule has 0 unspecified atom stereocenters. The number of rotatable bonds is 5. The molecule has 0 radical (unpaired) electrons. The highest BCUT2D eigenvalue weighted by molar-refractivity contribution is 6.30. The van der Waals surface area contributed by atoms with Crippen LogP contribution >= 0.6 is 11.6 Å². The Morgan fingerprint density at radius 1 is 1.50 bits per heavy atom. The van der Waals surface area contributed by atoms with Gasteiger partial charge in [-0.25, -0.2) is 0 Å². The van der Waals surface area contributed by atoms with Crippen molar-refractivity contribution in [3.8, 4) is 0 Å². The summed E-state index contributed by atoms with van der Waals surface area (Å²) in [6.07, 6.45) is 3.71. The average Bonchev–Trinajstić information content (AvgIpc) is 2.61. The molecule has 1 saturated heterocycles. The van der Waals surface area contributed by atoms with Crippen molar-refractivity contribution in [2.75, 3.05) is 6.61 Å². The second kappa shape index (κ2) is 6.92.